The fourth-order valence-electron chi connectivity index (χ4n) is 2.26. The topological polar surface area (TPSA) is 131 Å². The van der Waals surface area contributed by atoms with Gasteiger partial charge in [-0.2, -0.15) is 0 Å². The Morgan fingerprint density at radius 1 is 1.46 bits per heavy atom. The fourth-order valence-corrected chi connectivity index (χ4v) is 3.35. The first kappa shape index (κ1) is 18.2. The minimum absolute atomic E-state index is 0.0563. The quantitative estimate of drug-likeness (QED) is 0.645. The van der Waals surface area contributed by atoms with Crippen molar-refractivity contribution in [1.29, 1.82) is 0 Å². The van der Waals surface area contributed by atoms with Gasteiger partial charge in [-0.05, 0) is 25.5 Å². The van der Waals surface area contributed by atoms with E-state index in [2.05, 4.69) is 9.71 Å². The average Bonchev–Trinajstić information content (AvgIpc) is 2.48. The zero-order valence-corrected chi connectivity index (χ0v) is 14.4. The first-order valence-corrected chi connectivity index (χ1v) is 8.99. The lowest BCUT2D eigenvalue weighted by Gasteiger charge is -2.25. The van der Waals surface area contributed by atoms with E-state index in [0.29, 0.717) is 16.9 Å². The number of sulfonamides is 1. The number of rotatable bonds is 6. The van der Waals surface area contributed by atoms with Crippen molar-refractivity contribution in [1.82, 2.24) is 5.32 Å². The summed E-state index contributed by atoms with van der Waals surface area (Å²) in [6.45, 7) is 3.49. The van der Waals surface area contributed by atoms with Crippen LogP contribution in [0, 0.1) is 5.41 Å². The van der Waals surface area contributed by atoms with E-state index >= 15 is 0 Å². The van der Waals surface area contributed by atoms with Crippen LogP contribution in [-0.2, 0) is 20.6 Å². The minimum Gasteiger partial charge on any atom is -0.492 e. The molecule has 1 amide bonds. The number of hydrogen-bond acceptors (Lipinski definition) is 6. The Labute approximate surface area is 140 Å². The van der Waals surface area contributed by atoms with Crippen molar-refractivity contribution in [3.63, 3.8) is 0 Å². The van der Waals surface area contributed by atoms with Gasteiger partial charge in [-0.25, -0.2) is 8.42 Å². The number of fused-ring (bicyclic) bond motifs is 1. The lowest BCUT2D eigenvalue weighted by atomic mass is 9.93. The summed E-state index contributed by atoms with van der Waals surface area (Å²) >= 11 is 0. The van der Waals surface area contributed by atoms with Crippen LogP contribution in [0.5, 0.6) is 5.75 Å². The number of carbonyl (C=O) groups excluding carboxylic acids is 1. The summed E-state index contributed by atoms with van der Waals surface area (Å²) < 4.78 is 32.6. The van der Waals surface area contributed by atoms with Crippen molar-refractivity contribution < 1.29 is 23.1 Å². The third kappa shape index (κ3) is 4.04. The number of benzene rings is 1. The molecular formula is C15H21N3O5S. The number of ether oxygens (including phenoxy) is 1. The molecule has 0 radical (unpaired) electrons. The monoisotopic (exact) mass is 355 g/mol. The van der Waals surface area contributed by atoms with E-state index in [9.17, 15) is 13.2 Å². The molecule has 0 saturated heterocycles. The van der Waals surface area contributed by atoms with E-state index in [1.165, 1.54) is 0 Å². The summed E-state index contributed by atoms with van der Waals surface area (Å²) in [5.74, 6) is -0.229. The first-order valence-electron chi connectivity index (χ1n) is 7.38. The third-order valence-corrected chi connectivity index (χ3v) is 4.70. The van der Waals surface area contributed by atoms with E-state index in [4.69, 9.17) is 15.6 Å². The van der Waals surface area contributed by atoms with Gasteiger partial charge in [-0.1, -0.05) is 12.1 Å². The van der Waals surface area contributed by atoms with Crippen LogP contribution in [0.2, 0.25) is 0 Å². The Balaban J connectivity index is 2.19. The molecular weight excluding hydrogens is 334 g/mol. The molecule has 1 aliphatic rings. The molecule has 0 bridgehead atoms. The molecule has 4 N–H and O–H groups in total. The van der Waals surface area contributed by atoms with Crippen molar-refractivity contribution in [2.45, 2.75) is 19.6 Å². The summed E-state index contributed by atoms with van der Waals surface area (Å²) in [4.78, 5) is 12.1. The lowest BCUT2D eigenvalue weighted by Crippen LogP contribution is -2.42. The van der Waals surface area contributed by atoms with Crippen LogP contribution < -0.4 is 15.8 Å². The Morgan fingerprint density at radius 3 is 2.83 bits per heavy atom. The number of aliphatic hydroxyl groups is 1. The molecule has 0 atom stereocenters. The zero-order valence-electron chi connectivity index (χ0n) is 13.6. The van der Waals surface area contributed by atoms with Crippen LogP contribution in [0.15, 0.2) is 22.6 Å². The Morgan fingerprint density at radius 2 is 2.17 bits per heavy atom. The molecule has 1 aromatic rings. The molecule has 0 spiro atoms. The molecule has 1 heterocycles. The van der Waals surface area contributed by atoms with Gasteiger partial charge in [0.1, 0.15) is 18.2 Å². The molecule has 1 aromatic carbocycles. The van der Waals surface area contributed by atoms with Crippen LogP contribution in [-0.4, -0.2) is 45.0 Å². The van der Waals surface area contributed by atoms with Crippen LogP contribution >= 0.6 is 0 Å². The van der Waals surface area contributed by atoms with Crippen LogP contribution in [0.3, 0.4) is 0 Å². The van der Waals surface area contributed by atoms with Crippen LogP contribution in [0.1, 0.15) is 25.0 Å². The van der Waals surface area contributed by atoms with E-state index < -0.39 is 15.4 Å². The summed E-state index contributed by atoms with van der Waals surface area (Å²) in [6, 6.07) is 4.97. The highest BCUT2D eigenvalue weighted by atomic mass is 32.2. The molecule has 24 heavy (non-hydrogen) atoms. The van der Waals surface area contributed by atoms with Crippen molar-refractivity contribution in [3.8, 4) is 5.75 Å². The highest BCUT2D eigenvalue weighted by molar-refractivity contribution is 7.89. The molecule has 0 aromatic heterocycles. The van der Waals surface area contributed by atoms with Gasteiger partial charge < -0.3 is 20.9 Å². The zero-order chi connectivity index (χ0) is 18.0. The second kappa shape index (κ2) is 6.78. The van der Waals surface area contributed by atoms with Gasteiger partial charge in [-0.15, -0.1) is 4.40 Å². The number of aliphatic hydroxyl groups excluding tert-OH is 1. The molecule has 132 valence electrons. The molecule has 8 nitrogen and oxygen atoms in total. The van der Waals surface area contributed by atoms with Gasteiger partial charge in [0.25, 0.3) is 10.0 Å². The smallest absolute Gasteiger partial charge is 0.259 e. The second-order valence-electron chi connectivity index (χ2n) is 6.15. The molecule has 0 fully saturated rings. The minimum atomic E-state index is -3.61. The molecule has 0 aliphatic carbocycles. The Hall–Kier alpha value is -2.13. The number of hydrogen-bond donors (Lipinski definition) is 3. The molecule has 1 aliphatic heterocycles. The predicted octanol–water partition coefficient (Wildman–Crippen LogP) is -0.251. The van der Waals surface area contributed by atoms with Crippen molar-refractivity contribution in [2.75, 3.05) is 19.8 Å². The highest BCUT2D eigenvalue weighted by Gasteiger charge is 2.30. The largest absolute Gasteiger partial charge is 0.492 e. The predicted molar refractivity (Wildman–Crippen MR) is 89.2 cm³/mol. The Kier molecular flexibility index (Phi) is 5.14. The SMILES string of the molecule is CC(C)(COc1cccc2c1C(N)=NS(=O)(=O)C2)C(=O)NCCO. The van der Waals surface area contributed by atoms with Crippen molar-refractivity contribution >= 4 is 21.8 Å². The molecule has 0 saturated carbocycles. The summed E-state index contributed by atoms with van der Waals surface area (Å²) in [5, 5.41) is 11.4. The number of carbonyl (C=O) groups is 1. The normalized spacial score (nSPS) is 16.0. The van der Waals surface area contributed by atoms with Crippen molar-refractivity contribution in [2.24, 2.45) is 15.5 Å². The van der Waals surface area contributed by atoms with Crippen molar-refractivity contribution in [3.05, 3.63) is 29.3 Å². The van der Waals surface area contributed by atoms with Gasteiger partial charge in [0.15, 0.2) is 0 Å². The van der Waals surface area contributed by atoms with Gasteiger partial charge >= 0.3 is 0 Å². The van der Waals surface area contributed by atoms with E-state index in [0.717, 1.165) is 0 Å². The van der Waals surface area contributed by atoms with Gasteiger partial charge in [0.2, 0.25) is 5.91 Å². The number of nitrogens with two attached hydrogens (primary N) is 1. The van der Waals surface area contributed by atoms with Gasteiger partial charge in [0, 0.05) is 6.54 Å². The Bertz CT molecular complexity index is 771. The van der Waals surface area contributed by atoms with Crippen LogP contribution in [0.4, 0.5) is 0 Å². The van der Waals surface area contributed by atoms with Gasteiger partial charge in [-0.3, -0.25) is 4.79 Å². The maximum atomic E-state index is 12.1. The van der Waals surface area contributed by atoms with Crippen LogP contribution in [0.25, 0.3) is 0 Å². The fraction of sp³-hybridized carbons (Fsp3) is 0.467. The summed E-state index contributed by atoms with van der Waals surface area (Å²) in [7, 11) is -3.61. The maximum Gasteiger partial charge on any atom is 0.259 e. The molecule has 0 unspecified atom stereocenters. The first-order chi connectivity index (χ1) is 11.2. The lowest BCUT2D eigenvalue weighted by molar-refractivity contribution is -0.131. The second-order valence-corrected chi connectivity index (χ2v) is 7.78. The standard InChI is InChI=1S/C15H21N3O5S/c1-15(2,14(20)17-6-7-19)9-23-11-5-3-4-10-8-24(21,22)18-13(16)12(10)11/h3-5,19H,6-9H2,1-2H3,(H2,16,18)(H,17,20). The third-order valence-electron chi connectivity index (χ3n) is 3.54. The van der Waals surface area contributed by atoms with E-state index in [1.807, 2.05) is 0 Å². The summed E-state index contributed by atoms with van der Waals surface area (Å²) in [5.41, 5.74) is 5.89. The molecule has 2 rings (SSSR count). The number of amides is 1. The van der Waals surface area contributed by atoms with Gasteiger partial charge in [0.05, 0.1) is 23.3 Å². The number of amidine groups is 1. The maximum absolute atomic E-state index is 12.1. The molecule has 9 heteroatoms. The van der Waals surface area contributed by atoms with E-state index in [-0.39, 0.29) is 37.3 Å². The van der Waals surface area contributed by atoms with E-state index in [1.54, 1.807) is 32.0 Å². The number of nitrogens with zero attached hydrogens (tertiary/aromatic N) is 1. The number of nitrogens with one attached hydrogen (secondary N) is 1. The average molecular weight is 355 g/mol. The highest BCUT2D eigenvalue weighted by Crippen LogP contribution is 2.29. The summed E-state index contributed by atoms with van der Waals surface area (Å²) in [6.07, 6.45) is 0.